The first kappa shape index (κ1) is 17.7. The highest BCUT2D eigenvalue weighted by Crippen LogP contribution is 2.25. The molecule has 0 spiro atoms. The Labute approximate surface area is 148 Å². The van der Waals surface area contributed by atoms with Crippen molar-refractivity contribution in [3.63, 3.8) is 0 Å². The number of aliphatic hydroxyl groups is 1. The molecule has 25 heavy (non-hydrogen) atoms. The van der Waals surface area contributed by atoms with E-state index < -0.39 is 0 Å². The quantitative estimate of drug-likeness (QED) is 0.704. The lowest BCUT2D eigenvalue weighted by molar-refractivity contribution is -0.124. The standard InChI is InChI=1S/C19H28N4O2/c1-14(18(25)21-15-8-4-2-3-5-9-15)23-17-11-7-6-10-16(17)22-19(23)20-12-13-24/h6-7,10-11,14-15,24H,2-5,8-9,12-13H2,1H3,(H,20,22)(H,21,25)/t14-/m0/s1. The summed E-state index contributed by atoms with van der Waals surface area (Å²) in [5, 5.41) is 15.5. The monoisotopic (exact) mass is 344 g/mol. The summed E-state index contributed by atoms with van der Waals surface area (Å²) in [6, 6.07) is 7.71. The third-order valence-electron chi connectivity index (χ3n) is 4.96. The van der Waals surface area contributed by atoms with E-state index in [-0.39, 0.29) is 24.6 Å². The number of imidazole rings is 1. The van der Waals surface area contributed by atoms with E-state index in [1.807, 2.05) is 35.8 Å². The van der Waals surface area contributed by atoms with Crippen molar-refractivity contribution in [2.75, 3.05) is 18.5 Å². The fourth-order valence-corrected chi connectivity index (χ4v) is 3.59. The Balaban J connectivity index is 1.81. The minimum atomic E-state index is -0.364. The molecule has 1 heterocycles. The van der Waals surface area contributed by atoms with Crippen molar-refractivity contribution in [2.24, 2.45) is 0 Å². The molecule has 0 saturated heterocycles. The zero-order chi connectivity index (χ0) is 17.6. The molecule has 0 bridgehead atoms. The maximum atomic E-state index is 12.9. The van der Waals surface area contributed by atoms with Gasteiger partial charge in [0.25, 0.3) is 0 Å². The van der Waals surface area contributed by atoms with Crippen molar-refractivity contribution in [3.8, 4) is 0 Å². The minimum absolute atomic E-state index is 0.0197. The molecule has 1 amide bonds. The van der Waals surface area contributed by atoms with Crippen LogP contribution in [0.4, 0.5) is 5.95 Å². The van der Waals surface area contributed by atoms with Crippen LogP contribution < -0.4 is 10.6 Å². The molecule has 1 fully saturated rings. The Bertz CT molecular complexity index is 705. The molecular weight excluding hydrogens is 316 g/mol. The predicted octanol–water partition coefficient (Wildman–Crippen LogP) is 2.84. The number of nitrogens with zero attached hydrogens (tertiary/aromatic N) is 2. The van der Waals surface area contributed by atoms with Gasteiger partial charge in [0.2, 0.25) is 11.9 Å². The first-order valence-corrected chi connectivity index (χ1v) is 9.33. The number of nitrogens with one attached hydrogen (secondary N) is 2. The highest BCUT2D eigenvalue weighted by Gasteiger charge is 2.24. The summed E-state index contributed by atoms with van der Waals surface area (Å²) < 4.78 is 1.93. The van der Waals surface area contributed by atoms with Crippen molar-refractivity contribution >= 4 is 22.9 Å². The van der Waals surface area contributed by atoms with Gasteiger partial charge >= 0.3 is 0 Å². The number of fused-ring (bicyclic) bond motifs is 1. The molecule has 3 rings (SSSR count). The number of carbonyl (C=O) groups excluding carboxylic acids is 1. The third-order valence-corrected chi connectivity index (χ3v) is 4.96. The fraction of sp³-hybridized carbons (Fsp3) is 0.579. The molecule has 0 radical (unpaired) electrons. The Morgan fingerprint density at radius 3 is 2.72 bits per heavy atom. The van der Waals surface area contributed by atoms with E-state index in [1.54, 1.807) is 0 Å². The summed E-state index contributed by atoms with van der Waals surface area (Å²) in [6.07, 6.45) is 7.05. The molecule has 136 valence electrons. The number of benzene rings is 1. The molecule has 1 saturated carbocycles. The Hall–Kier alpha value is -2.08. The Kier molecular flexibility index (Phi) is 5.91. The SMILES string of the molecule is C[C@@H](C(=O)NC1CCCCCC1)n1c(NCCO)nc2ccccc21. The largest absolute Gasteiger partial charge is 0.395 e. The van der Waals surface area contributed by atoms with Crippen LogP contribution in [-0.4, -0.2) is 39.8 Å². The lowest BCUT2D eigenvalue weighted by Gasteiger charge is -2.22. The van der Waals surface area contributed by atoms with Gasteiger partial charge < -0.3 is 15.7 Å². The maximum Gasteiger partial charge on any atom is 0.243 e. The van der Waals surface area contributed by atoms with Gasteiger partial charge in [0, 0.05) is 12.6 Å². The number of rotatable bonds is 6. The third kappa shape index (κ3) is 4.12. The van der Waals surface area contributed by atoms with Crippen LogP contribution in [0.15, 0.2) is 24.3 Å². The number of amides is 1. The second-order valence-electron chi connectivity index (χ2n) is 6.82. The van der Waals surface area contributed by atoms with E-state index in [1.165, 1.54) is 25.7 Å². The molecule has 1 atom stereocenters. The van der Waals surface area contributed by atoms with Crippen LogP contribution >= 0.6 is 0 Å². The molecule has 1 aromatic carbocycles. The summed E-state index contributed by atoms with van der Waals surface area (Å²) in [7, 11) is 0. The molecule has 6 heteroatoms. The number of hydrogen-bond acceptors (Lipinski definition) is 4. The highest BCUT2D eigenvalue weighted by atomic mass is 16.3. The van der Waals surface area contributed by atoms with Gasteiger partial charge in [0.15, 0.2) is 0 Å². The summed E-state index contributed by atoms with van der Waals surface area (Å²) >= 11 is 0. The van der Waals surface area contributed by atoms with Crippen LogP contribution in [-0.2, 0) is 4.79 Å². The number of aromatic nitrogens is 2. The number of hydrogen-bond donors (Lipinski definition) is 3. The average Bonchev–Trinajstić information content (AvgIpc) is 2.79. The van der Waals surface area contributed by atoms with Gasteiger partial charge in [-0.05, 0) is 31.9 Å². The van der Waals surface area contributed by atoms with E-state index in [2.05, 4.69) is 15.6 Å². The van der Waals surface area contributed by atoms with Gasteiger partial charge in [-0.2, -0.15) is 0 Å². The van der Waals surface area contributed by atoms with Gasteiger partial charge in [0.1, 0.15) is 6.04 Å². The van der Waals surface area contributed by atoms with Crippen molar-refractivity contribution in [3.05, 3.63) is 24.3 Å². The van der Waals surface area contributed by atoms with Crippen LogP contribution in [0, 0.1) is 0 Å². The minimum Gasteiger partial charge on any atom is -0.395 e. The molecule has 1 aliphatic carbocycles. The van der Waals surface area contributed by atoms with Crippen molar-refractivity contribution < 1.29 is 9.90 Å². The lowest BCUT2D eigenvalue weighted by atomic mass is 10.1. The summed E-state index contributed by atoms with van der Waals surface area (Å²) in [5.74, 6) is 0.654. The maximum absolute atomic E-state index is 12.9. The van der Waals surface area contributed by atoms with Gasteiger partial charge in [-0.1, -0.05) is 37.8 Å². The van der Waals surface area contributed by atoms with E-state index in [0.29, 0.717) is 12.5 Å². The Morgan fingerprint density at radius 1 is 1.28 bits per heavy atom. The summed E-state index contributed by atoms with van der Waals surface area (Å²) in [6.45, 7) is 2.33. The molecule has 0 aliphatic heterocycles. The normalized spacial score (nSPS) is 17.2. The van der Waals surface area contributed by atoms with Crippen LogP contribution in [0.25, 0.3) is 11.0 Å². The highest BCUT2D eigenvalue weighted by molar-refractivity contribution is 5.85. The first-order chi connectivity index (χ1) is 12.2. The number of para-hydroxylation sites is 2. The summed E-state index contributed by atoms with van der Waals surface area (Å²) in [5.41, 5.74) is 1.77. The fourth-order valence-electron chi connectivity index (χ4n) is 3.59. The van der Waals surface area contributed by atoms with Crippen LogP contribution in [0.1, 0.15) is 51.5 Å². The second kappa shape index (κ2) is 8.34. The van der Waals surface area contributed by atoms with Gasteiger partial charge in [-0.25, -0.2) is 4.98 Å². The molecule has 2 aromatic rings. The number of anilines is 1. The van der Waals surface area contributed by atoms with E-state index >= 15 is 0 Å². The first-order valence-electron chi connectivity index (χ1n) is 9.33. The molecule has 1 aromatic heterocycles. The zero-order valence-corrected chi connectivity index (χ0v) is 14.9. The van der Waals surface area contributed by atoms with E-state index in [0.717, 1.165) is 23.9 Å². The van der Waals surface area contributed by atoms with E-state index in [9.17, 15) is 4.79 Å². The van der Waals surface area contributed by atoms with Gasteiger partial charge in [0.05, 0.1) is 17.6 Å². The summed E-state index contributed by atoms with van der Waals surface area (Å²) in [4.78, 5) is 17.4. The molecule has 6 nitrogen and oxygen atoms in total. The average molecular weight is 344 g/mol. The van der Waals surface area contributed by atoms with Gasteiger partial charge in [-0.15, -0.1) is 0 Å². The van der Waals surface area contributed by atoms with Crippen molar-refractivity contribution in [1.29, 1.82) is 0 Å². The number of aliphatic hydroxyl groups excluding tert-OH is 1. The number of carbonyl (C=O) groups is 1. The van der Waals surface area contributed by atoms with Crippen molar-refractivity contribution in [2.45, 2.75) is 57.5 Å². The van der Waals surface area contributed by atoms with Crippen LogP contribution in [0.3, 0.4) is 0 Å². The van der Waals surface area contributed by atoms with Crippen LogP contribution in [0.2, 0.25) is 0 Å². The molecule has 0 unspecified atom stereocenters. The predicted molar refractivity (Wildman–Crippen MR) is 99.7 cm³/mol. The van der Waals surface area contributed by atoms with Crippen LogP contribution in [0.5, 0.6) is 0 Å². The Morgan fingerprint density at radius 2 is 2.00 bits per heavy atom. The second-order valence-corrected chi connectivity index (χ2v) is 6.82. The smallest absolute Gasteiger partial charge is 0.243 e. The molecule has 3 N–H and O–H groups in total. The molecular formula is C19H28N4O2. The zero-order valence-electron chi connectivity index (χ0n) is 14.9. The van der Waals surface area contributed by atoms with Crippen molar-refractivity contribution in [1.82, 2.24) is 14.9 Å². The van der Waals surface area contributed by atoms with Gasteiger partial charge in [-0.3, -0.25) is 9.36 Å². The topological polar surface area (TPSA) is 79.2 Å². The van der Waals surface area contributed by atoms with E-state index in [4.69, 9.17) is 5.11 Å². The molecule has 1 aliphatic rings. The lowest BCUT2D eigenvalue weighted by Crippen LogP contribution is -2.39.